The predicted octanol–water partition coefficient (Wildman–Crippen LogP) is 2.63. The lowest BCUT2D eigenvalue weighted by atomic mass is 10.1. The number of nitrogens with one attached hydrogen (secondary N) is 1. The van der Waals surface area contributed by atoms with E-state index in [1.807, 2.05) is 24.3 Å². The van der Waals surface area contributed by atoms with Gasteiger partial charge in [0.2, 0.25) is 15.9 Å². The molecule has 1 aliphatic rings. The van der Waals surface area contributed by atoms with Crippen molar-refractivity contribution in [2.24, 2.45) is 0 Å². The number of fused-ring (bicyclic) bond motifs is 1. The fourth-order valence-electron chi connectivity index (χ4n) is 2.98. The number of sulfonamides is 1. The summed E-state index contributed by atoms with van der Waals surface area (Å²) in [5.74, 6) is 0.629. The minimum Gasteiger partial charge on any atom is -0.486 e. The van der Waals surface area contributed by atoms with Crippen LogP contribution >= 0.6 is 11.6 Å². The molecule has 156 valence electrons. The largest absolute Gasteiger partial charge is 0.486 e. The van der Waals surface area contributed by atoms with Gasteiger partial charge in [0.25, 0.3) is 0 Å². The lowest BCUT2D eigenvalue weighted by Crippen LogP contribution is -2.40. The zero-order valence-corrected chi connectivity index (χ0v) is 17.6. The van der Waals surface area contributed by atoms with Crippen LogP contribution in [-0.4, -0.2) is 46.9 Å². The van der Waals surface area contributed by atoms with Crippen LogP contribution in [0.25, 0.3) is 0 Å². The maximum atomic E-state index is 12.3. The van der Waals surface area contributed by atoms with Crippen molar-refractivity contribution in [3.8, 4) is 11.5 Å². The Morgan fingerprint density at radius 3 is 2.59 bits per heavy atom. The first-order valence-corrected chi connectivity index (χ1v) is 11.4. The highest BCUT2D eigenvalue weighted by molar-refractivity contribution is 7.92. The smallest absolute Gasteiger partial charge is 0.240 e. The average Bonchev–Trinajstić information content (AvgIpc) is 2.69. The number of nitrogens with zero attached hydrogens (tertiary/aromatic N) is 1. The van der Waals surface area contributed by atoms with E-state index in [0.29, 0.717) is 48.4 Å². The first kappa shape index (κ1) is 21.3. The van der Waals surface area contributed by atoms with E-state index in [9.17, 15) is 13.2 Å². The number of hydrogen-bond acceptors (Lipinski definition) is 5. The highest BCUT2D eigenvalue weighted by Gasteiger charge is 2.23. The Balaban J connectivity index is 1.59. The van der Waals surface area contributed by atoms with E-state index in [-0.39, 0.29) is 12.5 Å². The molecule has 0 atom stereocenters. The Morgan fingerprint density at radius 2 is 1.86 bits per heavy atom. The number of anilines is 1. The lowest BCUT2D eigenvalue weighted by molar-refractivity contribution is -0.119. The summed E-state index contributed by atoms with van der Waals surface area (Å²) in [5, 5.41) is 3.46. The molecule has 0 fully saturated rings. The number of carbonyl (C=O) groups excluding carboxylic acids is 1. The van der Waals surface area contributed by atoms with Crippen LogP contribution in [0.15, 0.2) is 42.5 Å². The molecule has 0 spiro atoms. The van der Waals surface area contributed by atoms with Gasteiger partial charge in [0, 0.05) is 17.6 Å². The lowest BCUT2D eigenvalue weighted by Gasteiger charge is -2.24. The Hall–Kier alpha value is -2.45. The van der Waals surface area contributed by atoms with Gasteiger partial charge in [-0.3, -0.25) is 9.10 Å². The minimum atomic E-state index is -3.66. The molecular formula is C20H23ClN2O5S. The summed E-state index contributed by atoms with van der Waals surface area (Å²) in [6.07, 6.45) is 2.48. The number of hydrogen-bond donors (Lipinski definition) is 1. The van der Waals surface area contributed by atoms with E-state index in [1.165, 1.54) is 0 Å². The summed E-state index contributed by atoms with van der Waals surface area (Å²) in [6.45, 7) is 0.938. The number of aryl methyl sites for hydroxylation is 1. The molecule has 1 aliphatic heterocycles. The number of rotatable bonds is 8. The van der Waals surface area contributed by atoms with E-state index in [1.54, 1.807) is 18.2 Å². The zero-order valence-electron chi connectivity index (χ0n) is 16.1. The molecule has 0 radical (unpaired) electrons. The second kappa shape index (κ2) is 9.37. The molecule has 3 rings (SSSR count). The van der Waals surface area contributed by atoms with Crippen LogP contribution in [0.3, 0.4) is 0 Å². The molecule has 1 heterocycles. The van der Waals surface area contributed by atoms with Crippen LogP contribution in [0.2, 0.25) is 5.02 Å². The Morgan fingerprint density at radius 1 is 1.14 bits per heavy atom. The Labute approximate surface area is 175 Å². The second-order valence-electron chi connectivity index (χ2n) is 6.64. The fraction of sp³-hybridized carbons (Fsp3) is 0.350. The molecular weight excluding hydrogens is 416 g/mol. The molecule has 9 heteroatoms. The second-order valence-corrected chi connectivity index (χ2v) is 8.96. The zero-order chi connectivity index (χ0) is 20.9. The van der Waals surface area contributed by atoms with Gasteiger partial charge in [0.05, 0.1) is 11.9 Å². The normalized spacial score (nSPS) is 13.0. The number of halogens is 1. The predicted molar refractivity (Wildman–Crippen MR) is 112 cm³/mol. The van der Waals surface area contributed by atoms with Gasteiger partial charge < -0.3 is 14.8 Å². The summed E-state index contributed by atoms with van der Waals surface area (Å²) in [7, 11) is -3.66. The highest BCUT2D eigenvalue weighted by atomic mass is 35.5. The van der Waals surface area contributed by atoms with E-state index in [0.717, 1.165) is 22.5 Å². The van der Waals surface area contributed by atoms with Crippen LogP contribution < -0.4 is 19.1 Å². The molecule has 1 amide bonds. The molecule has 0 aliphatic carbocycles. The summed E-state index contributed by atoms with van der Waals surface area (Å²) in [4.78, 5) is 12.3. The first-order chi connectivity index (χ1) is 13.8. The summed E-state index contributed by atoms with van der Waals surface area (Å²) < 4.78 is 36.5. The molecule has 29 heavy (non-hydrogen) atoms. The van der Waals surface area contributed by atoms with Gasteiger partial charge in [-0.15, -0.1) is 0 Å². The van der Waals surface area contributed by atoms with Crippen molar-refractivity contribution in [2.75, 3.05) is 36.9 Å². The van der Waals surface area contributed by atoms with Crippen molar-refractivity contribution in [3.63, 3.8) is 0 Å². The van der Waals surface area contributed by atoms with Crippen molar-refractivity contribution in [3.05, 3.63) is 53.1 Å². The first-order valence-electron chi connectivity index (χ1n) is 9.22. The highest BCUT2D eigenvalue weighted by Crippen LogP contribution is 2.34. The van der Waals surface area contributed by atoms with Crippen molar-refractivity contribution in [2.45, 2.75) is 12.8 Å². The van der Waals surface area contributed by atoms with Gasteiger partial charge in [0.15, 0.2) is 11.5 Å². The quantitative estimate of drug-likeness (QED) is 0.640. The van der Waals surface area contributed by atoms with Crippen LogP contribution in [0.5, 0.6) is 11.5 Å². The SMILES string of the molecule is CS(=O)(=O)N(CC(=O)NCCCc1ccccc1Cl)c1ccc2c(c1)OCCO2. The molecule has 7 nitrogen and oxygen atoms in total. The van der Waals surface area contributed by atoms with Crippen LogP contribution in [0, 0.1) is 0 Å². The Bertz CT molecular complexity index is 981. The summed E-state index contributed by atoms with van der Waals surface area (Å²) in [5.41, 5.74) is 1.36. The molecule has 2 aromatic carbocycles. The summed E-state index contributed by atoms with van der Waals surface area (Å²) >= 11 is 6.12. The van der Waals surface area contributed by atoms with Gasteiger partial charge in [-0.05, 0) is 36.6 Å². The van der Waals surface area contributed by atoms with Gasteiger partial charge >= 0.3 is 0 Å². The van der Waals surface area contributed by atoms with Crippen molar-refractivity contribution >= 4 is 33.2 Å². The van der Waals surface area contributed by atoms with E-state index < -0.39 is 10.0 Å². The number of benzene rings is 2. The van der Waals surface area contributed by atoms with E-state index in [2.05, 4.69) is 5.32 Å². The number of amides is 1. The molecule has 0 bridgehead atoms. The average molecular weight is 439 g/mol. The topological polar surface area (TPSA) is 84.9 Å². The van der Waals surface area contributed by atoms with Gasteiger partial charge in [-0.2, -0.15) is 0 Å². The van der Waals surface area contributed by atoms with Gasteiger partial charge in [-0.25, -0.2) is 8.42 Å². The van der Waals surface area contributed by atoms with Crippen LogP contribution in [-0.2, 0) is 21.2 Å². The third-order valence-electron chi connectivity index (χ3n) is 4.40. The van der Waals surface area contributed by atoms with Crippen LogP contribution in [0.1, 0.15) is 12.0 Å². The van der Waals surface area contributed by atoms with Gasteiger partial charge in [0.1, 0.15) is 19.8 Å². The number of carbonyl (C=O) groups is 1. The third kappa shape index (κ3) is 5.77. The fourth-order valence-corrected chi connectivity index (χ4v) is 4.06. The molecule has 0 saturated carbocycles. The van der Waals surface area contributed by atoms with Crippen molar-refractivity contribution in [1.29, 1.82) is 0 Å². The third-order valence-corrected chi connectivity index (χ3v) is 5.91. The van der Waals surface area contributed by atoms with Crippen molar-refractivity contribution < 1.29 is 22.7 Å². The maximum absolute atomic E-state index is 12.3. The minimum absolute atomic E-state index is 0.315. The molecule has 0 saturated heterocycles. The van der Waals surface area contributed by atoms with Crippen molar-refractivity contribution in [1.82, 2.24) is 5.32 Å². The Kier molecular flexibility index (Phi) is 6.87. The van der Waals surface area contributed by atoms with Gasteiger partial charge in [-0.1, -0.05) is 29.8 Å². The monoisotopic (exact) mass is 438 g/mol. The molecule has 2 aromatic rings. The maximum Gasteiger partial charge on any atom is 0.240 e. The standard InChI is InChI=1S/C20H23ClN2O5S/c1-29(25,26)23(16-8-9-18-19(13-16)28-12-11-27-18)14-20(24)22-10-4-6-15-5-2-3-7-17(15)21/h2-3,5,7-9,13H,4,6,10-12,14H2,1H3,(H,22,24). The van der Waals surface area contributed by atoms with Crippen LogP contribution in [0.4, 0.5) is 5.69 Å². The van der Waals surface area contributed by atoms with E-state index in [4.69, 9.17) is 21.1 Å². The summed E-state index contributed by atoms with van der Waals surface area (Å²) in [6, 6.07) is 12.4. The molecule has 0 aromatic heterocycles. The molecule has 1 N–H and O–H groups in total. The van der Waals surface area contributed by atoms with E-state index >= 15 is 0 Å². The number of ether oxygens (including phenoxy) is 2. The molecule has 0 unspecified atom stereocenters.